The van der Waals surface area contributed by atoms with Gasteiger partial charge in [-0.05, 0) is 31.7 Å². The van der Waals surface area contributed by atoms with E-state index in [9.17, 15) is 0 Å². The number of benzene rings is 1. The van der Waals surface area contributed by atoms with Crippen LogP contribution in [-0.2, 0) is 12.8 Å². The Morgan fingerprint density at radius 3 is 3.06 bits per heavy atom. The molecule has 1 aromatic carbocycles. The molecule has 0 saturated carbocycles. The maximum Gasteiger partial charge on any atom is 0.212 e. The van der Waals surface area contributed by atoms with E-state index in [0.717, 1.165) is 28.5 Å². The second-order valence-corrected chi connectivity index (χ2v) is 5.89. The lowest BCUT2D eigenvalue weighted by atomic mass is 10.0. The fraction of sp³-hybridized carbons (Fsp3) is 0.286. The second-order valence-electron chi connectivity index (χ2n) is 4.73. The van der Waals surface area contributed by atoms with E-state index >= 15 is 0 Å². The molecule has 0 atom stereocenters. The van der Waals surface area contributed by atoms with E-state index in [1.54, 1.807) is 11.3 Å². The molecule has 0 aliphatic heterocycles. The molecule has 4 heteroatoms. The minimum atomic E-state index is 1.02. The number of imidazole rings is 1. The molecule has 0 unspecified atom stereocenters. The third-order valence-electron chi connectivity index (χ3n) is 3.53. The summed E-state index contributed by atoms with van der Waals surface area (Å²) in [6, 6.07) is 8.62. The van der Waals surface area contributed by atoms with Gasteiger partial charge in [0, 0.05) is 5.56 Å². The topological polar surface area (TPSA) is 30.2 Å². The lowest BCUT2D eigenvalue weighted by Crippen LogP contribution is -1.94. The van der Waals surface area contributed by atoms with E-state index in [4.69, 9.17) is 4.98 Å². The third-order valence-corrected chi connectivity index (χ3v) is 4.35. The second kappa shape index (κ2) is 3.65. The first-order valence-electron chi connectivity index (χ1n) is 6.26. The Bertz CT molecular complexity index is 739. The van der Waals surface area contributed by atoms with Gasteiger partial charge >= 0.3 is 0 Å². The van der Waals surface area contributed by atoms with Crippen molar-refractivity contribution in [2.75, 3.05) is 0 Å². The Morgan fingerprint density at radius 1 is 1.22 bits per heavy atom. The monoisotopic (exact) mass is 255 g/mol. The number of fused-ring (bicyclic) bond motifs is 5. The van der Waals surface area contributed by atoms with Gasteiger partial charge in [-0.1, -0.05) is 35.6 Å². The van der Waals surface area contributed by atoms with E-state index < -0.39 is 0 Å². The zero-order valence-corrected chi connectivity index (χ0v) is 11.0. The average Bonchev–Trinajstić information content (AvgIpc) is 2.81. The molecule has 18 heavy (non-hydrogen) atoms. The van der Waals surface area contributed by atoms with Gasteiger partial charge in [-0.2, -0.15) is 5.10 Å². The van der Waals surface area contributed by atoms with Crippen molar-refractivity contribution in [3.8, 4) is 11.3 Å². The molecule has 0 saturated heterocycles. The zero-order chi connectivity index (χ0) is 12.1. The van der Waals surface area contributed by atoms with Crippen LogP contribution in [0.3, 0.4) is 0 Å². The highest BCUT2D eigenvalue weighted by atomic mass is 32.1. The van der Waals surface area contributed by atoms with Gasteiger partial charge in [0.25, 0.3) is 0 Å². The molecule has 0 bridgehead atoms. The Morgan fingerprint density at radius 2 is 2.11 bits per heavy atom. The highest BCUT2D eigenvalue weighted by Gasteiger charge is 2.21. The largest absolute Gasteiger partial charge is 0.217 e. The fourth-order valence-corrected chi connectivity index (χ4v) is 3.50. The molecular weight excluding hydrogens is 242 g/mol. The number of hydrogen-bond acceptors (Lipinski definition) is 3. The van der Waals surface area contributed by atoms with Gasteiger partial charge in [-0.15, -0.1) is 0 Å². The summed E-state index contributed by atoms with van der Waals surface area (Å²) in [6.07, 6.45) is 3.38. The molecule has 0 spiro atoms. The summed E-state index contributed by atoms with van der Waals surface area (Å²) in [5.41, 5.74) is 5.13. The summed E-state index contributed by atoms with van der Waals surface area (Å²) in [5.74, 6) is 0. The predicted octanol–water partition coefficient (Wildman–Crippen LogP) is 3.25. The quantitative estimate of drug-likeness (QED) is 0.617. The van der Waals surface area contributed by atoms with Gasteiger partial charge in [-0.25, -0.2) is 9.50 Å². The zero-order valence-electron chi connectivity index (χ0n) is 10.2. The first-order valence-corrected chi connectivity index (χ1v) is 7.08. The van der Waals surface area contributed by atoms with E-state index in [1.807, 2.05) is 11.4 Å². The Labute approximate surface area is 109 Å². The van der Waals surface area contributed by atoms with Gasteiger partial charge < -0.3 is 0 Å². The summed E-state index contributed by atoms with van der Waals surface area (Å²) in [7, 11) is 0. The summed E-state index contributed by atoms with van der Waals surface area (Å²) >= 11 is 1.67. The molecule has 4 rings (SSSR count). The normalized spacial score (nSPS) is 14.3. The molecule has 0 radical (unpaired) electrons. The summed E-state index contributed by atoms with van der Waals surface area (Å²) < 4.78 is 2.04. The molecule has 3 aromatic rings. The average molecular weight is 255 g/mol. The highest BCUT2D eigenvalue weighted by molar-refractivity contribution is 7.16. The lowest BCUT2D eigenvalue weighted by Gasteiger charge is -2.03. The van der Waals surface area contributed by atoms with Crippen molar-refractivity contribution in [2.24, 2.45) is 0 Å². The standard InChI is InChI=1S/C14H13N3S/c1-9-16-17-12-8-4-6-10-5-2-3-7-11(10)13(12)15-14(17)18-9/h2-3,5,7H,4,6,8H2,1H3. The smallest absolute Gasteiger partial charge is 0.212 e. The Balaban J connectivity index is 2.06. The number of nitrogens with zero attached hydrogens (tertiary/aromatic N) is 3. The van der Waals surface area contributed by atoms with Crippen LogP contribution in [0.15, 0.2) is 24.3 Å². The number of aryl methyl sites for hydroxylation is 3. The van der Waals surface area contributed by atoms with Crippen molar-refractivity contribution >= 4 is 16.3 Å². The SMILES string of the molecule is Cc1nn2c3c(nc2s1)-c1ccccc1CCC3. The van der Waals surface area contributed by atoms with Crippen LogP contribution in [0.4, 0.5) is 0 Å². The molecule has 3 nitrogen and oxygen atoms in total. The predicted molar refractivity (Wildman–Crippen MR) is 73.1 cm³/mol. The van der Waals surface area contributed by atoms with Crippen LogP contribution in [0.25, 0.3) is 16.2 Å². The van der Waals surface area contributed by atoms with Gasteiger partial charge in [0.15, 0.2) is 0 Å². The third kappa shape index (κ3) is 1.35. The van der Waals surface area contributed by atoms with Gasteiger partial charge in [0.05, 0.1) is 11.4 Å². The van der Waals surface area contributed by atoms with Crippen LogP contribution >= 0.6 is 11.3 Å². The molecule has 2 heterocycles. The molecule has 2 aromatic heterocycles. The van der Waals surface area contributed by atoms with Crippen LogP contribution in [0, 0.1) is 6.92 Å². The molecule has 0 N–H and O–H groups in total. The van der Waals surface area contributed by atoms with Crippen LogP contribution < -0.4 is 0 Å². The minimum absolute atomic E-state index is 1.02. The summed E-state index contributed by atoms with van der Waals surface area (Å²) in [4.78, 5) is 5.82. The van der Waals surface area contributed by atoms with Crippen LogP contribution in [0.1, 0.15) is 22.7 Å². The Kier molecular flexibility index (Phi) is 2.08. The molecule has 0 fully saturated rings. The van der Waals surface area contributed by atoms with Gasteiger partial charge in [-0.3, -0.25) is 0 Å². The first-order chi connectivity index (χ1) is 8.83. The van der Waals surface area contributed by atoms with Gasteiger partial charge in [0.2, 0.25) is 4.96 Å². The summed E-state index contributed by atoms with van der Waals surface area (Å²) in [6.45, 7) is 2.04. The van der Waals surface area contributed by atoms with Crippen LogP contribution in [0.2, 0.25) is 0 Å². The molecule has 1 aliphatic rings. The summed E-state index contributed by atoms with van der Waals surface area (Å²) in [5, 5.41) is 5.66. The van der Waals surface area contributed by atoms with E-state index in [2.05, 4.69) is 29.4 Å². The first kappa shape index (κ1) is 10.3. The molecule has 0 amide bonds. The van der Waals surface area contributed by atoms with Crippen molar-refractivity contribution < 1.29 is 0 Å². The maximum atomic E-state index is 4.79. The van der Waals surface area contributed by atoms with E-state index in [0.29, 0.717) is 0 Å². The fourth-order valence-electron chi connectivity index (χ4n) is 2.74. The van der Waals surface area contributed by atoms with Crippen molar-refractivity contribution in [1.29, 1.82) is 0 Å². The van der Waals surface area contributed by atoms with Crippen molar-refractivity contribution in [3.63, 3.8) is 0 Å². The van der Waals surface area contributed by atoms with E-state index in [1.165, 1.54) is 23.2 Å². The number of rotatable bonds is 0. The van der Waals surface area contributed by atoms with Crippen molar-refractivity contribution in [1.82, 2.24) is 14.6 Å². The Hall–Kier alpha value is -1.68. The van der Waals surface area contributed by atoms with Crippen molar-refractivity contribution in [3.05, 3.63) is 40.5 Å². The molecule has 1 aliphatic carbocycles. The molecular formula is C14H13N3S. The number of hydrogen-bond donors (Lipinski definition) is 0. The number of aromatic nitrogens is 3. The lowest BCUT2D eigenvalue weighted by molar-refractivity contribution is 0.774. The maximum absolute atomic E-state index is 4.79. The molecule has 90 valence electrons. The minimum Gasteiger partial charge on any atom is -0.217 e. The van der Waals surface area contributed by atoms with E-state index in [-0.39, 0.29) is 0 Å². The van der Waals surface area contributed by atoms with Crippen molar-refractivity contribution in [2.45, 2.75) is 26.2 Å². The van der Waals surface area contributed by atoms with Crippen LogP contribution in [-0.4, -0.2) is 14.6 Å². The highest BCUT2D eigenvalue weighted by Crippen LogP contribution is 2.33. The van der Waals surface area contributed by atoms with Gasteiger partial charge in [0.1, 0.15) is 5.01 Å². The van der Waals surface area contributed by atoms with Crippen LogP contribution in [0.5, 0.6) is 0 Å².